The van der Waals surface area contributed by atoms with Gasteiger partial charge in [-0.1, -0.05) is 12.1 Å². The quantitative estimate of drug-likeness (QED) is 0.657. The highest BCUT2D eigenvalue weighted by molar-refractivity contribution is 14.1. The van der Waals surface area contributed by atoms with E-state index in [1.807, 2.05) is 38.1 Å². The van der Waals surface area contributed by atoms with Crippen LogP contribution in [0.2, 0.25) is 0 Å². The molecule has 2 amide bonds. The van der Waals surface area contributed by atoms with Crippen LogP contribution in [0, 0.1) is 3.57 Å². The lowest BCUT2D eigenvalue weighted by Gasteiger charge is -2.13. The topological polar surface area (TPSA) is 59.6 Å². The number of hydrogen-bond acceptors (Lipinski definition) is 3. The Kier molecular flexibility index (Phi) is 6.52. The first-order valence-corrected chi connectivity index (χ1v) is 8.44. The first-order valence-electron chi connectivity index (χ1n) is 7.36. The first kappa shape index (κ1) is 17.4. The predicted octanol–water partition coefficient (Wildman–Crippen LogP) is 4.73. The van der Waals surface area contributed by atoms with Crippen LogP contribution in [0.4, 0.5) is 16.2 Å². The Balaban J connectivity index is 2.08. The van der Waals surface area contributed by atoms with Crippen molar-refractivity contribution in [3.05, 3.63) is 46.0 Å². The number of hydrogen-bond donors (Lipinski definition) is 2. The van der Waals surface area contributed by atoms with Crippen molar-refractivity contribution in [3.8, 4) is 11.5 Å². The van der Waals surface area contributed by atoms with Gasteiger partial charge in [0.05, 0.1) is 18.9 Å². The number of nitrogens with one attached hydrogen (secondary N) is 2. The number of amides is 2. The molecule has 0 aliphatic heterocycles. The van der Waals surface area contributed by atoms with Gasteiger partial charge in [0.15, 0.2) is 11.5 Å². The molecule has 0 aromatic heterocycles. The van der Waals surface area contributed by atoms with Gasteiger partial charge in [-0.3, -0.25) is 0 Å². The zero-order valence-corrected chi connectivity index (χ0v) is 15.2. The van der Waals surface area contributed by atoms with Gasteiger partial charge in [0.1, 0.15) is 0 Å². The molecule has 0 spiro atoms. The number of urea groups is 1. The van der Waals surface area contributed by atoms with E-state index in [1.54, 1.807) is 18.2 Å². The van der Waals surface area contributed by atoms with Gasteiger partial charge in [-0.25, -0.2) is 4.79 Å². The van der Waals surface area contributed by atoms with Crippen LogP contribution < -0.4 is 20.1 Å². The Hall–Kier alpha value is -1.96. The smallest absolute Gasteiger partial charge is 0.323 e. The summed E-state index contributed by atoms with van der Waals surface area (Å²) in [5, 5.41) is 5.62. The van der Waals surface area contributed by atoms with Crippen molar-refractivity contribution in [2.24, 2.45) is 0 Å². The van der Waals surface area contributed by atoms with Gasteiger partial charge in [0.25, 0.3) is 0 Å². The van der Waals surface area contributed by atoms with Crippen LogP contribution in [-0.4, -0.2) is 19.2 Å². The summed E-state index contributed by atoms with van der Waals surface area (Å²) in [5.41, 5.74) is 1.40. The summed E-state index contributed by atoms with van der Waals surface area (Å²) in [4.78, 5) is 12.1. The van der Waals surface area contributed by atoms with Crippen molar-refractivity contribution in [3.63, 3.8) is 0 Å². The summed E-state index contributed by atoms with van der Waals surface area (Å²) in [5.74, 6) is 1.28. The average molecular weight is 426 g/mol. The zero-order chi connectivity index (χ0) is 16.7. The third-order valence-electron chi connectivity index (χ3n) is 2.92. The van der Waals surface area contributed by atoms with Crippen molar-refractivity contribution in [1.82, 2.24) is 0 Å². The van der Waals surface area contributed by atoms with Gasteiger partial charge in [-0.15, -0.1) is 0 Å². The molecule has 2 aromatic carbocycles. The summed E-state index contributed by atoms with van der Waals surface area (Å²) >= 11 is 2.18. The molecule has 23 heavy (non-hydrogen) atoms. The fourth-order valence-electron chi connectivity index (χ4n) is 1.98. The maximum Gasteiger partial charge on any atom is 0.323 e. The molecule has 0 bridgehead atoms. The molecule has 0 fully saturated rings. The van der Waals surface area contributed by atoms with Crippen LogP contribution in [0.25, 0.3) is 0 Å². The summed E-state index contributed by atoms with van der Waals surface area (Å²) in [6.45, 7) is 4.90. The van der Waals surface area contributed by atoms with E-state index in [2.05, 4.69) is 33.2 Å². The van der Waals surface area contributed by atoms with Crippen molar-refractivity contribution in [2.75, 3.05) is 23.8 Å². The van der Waals surface area contributed by atoms with Gasteiger partial charge in [-0.05, 0) is 60.7 Å². The molecule has 5 nitrogen and oxygen atoms in total. The SMILES string of the molecule is CCOc1ccc(NC(=O)Nc2ccccc2I)cc1OCC. The van der Waals surface area contributed by atoms with E-state index in [-0.39, 0.29) is 6.03 Å². The molecule has 0 radical (unpaired) electrons. The molecule has 2 aromatic rings. The lowest BCUT2D eigenvalue weighted by molar-refractivity contribution is 0.262. The maximum absolute atomic E-state index is 12.1. The fourth-order valence-corrected chi connectivity index (χ4v) is 2.50. The van der Waals surface area contributed by atoms with Gasteiger partial charge in [0, 0.05) is 15.3 Å². The minimum Gasteiger partial charge on any atom is -0.490 e. The van der Waals surface area contributed by atoms with E-state index in [4.69, 9.17) is 9.47 Å². The number of carbonyl (C=O) groups excluding carboxylic acids is 1. The molecule has 2 rings (SSSR count). The third kappa shape index (κ3) is 5.02. The normalized spacial score (nSPS) is 10.0. The van der Waals surface area contributed by atoms with Gasteiger partial charge in [0.2, 0.25) is 0 Å². The molecular formula is C17H19IN2O3. The molecule has 6 heteroatoms. The zero-order valence-electron chi connectivity index (χ0n) is 13.1. The van der Waals surface area contributed by atoms with Gasteiger partial charge in [-0.2, -0.15) is 0 Å². The van der Waals surface area contributed by atoms with E-state index < -0.39 is 0 Å². The second-order valence-electron chi connectivity index (χ2n) is 4.59. The van der Waals surface area contributed by atoms with E-state index in [9.17, 15) is 4.79 Å². The largest absolute Gasteiger partial charge is 0.490 e. The van der Waals surface area contributed by atoms with E-state index in [0.29, 0.717) is 30.4 Å². The Bertz CT molecular complexity index is 677. The highest BCUT2D eigenvalue weighted by atomic mass is 127. The van der Waals surface area contributed by atoms with Crippen molar-refractivity contribution in [2.45, 2.75) is 13.8 Å². The predicted molar refractivity (Wildman–Crippen MR) is 101 cm³/mol. The van der Waals surface area contributed by atoms with Crippen LogP contribution in [0.3, 0.4) is 0 Å². The van der Waals surface area contributed by atoms with Crippen molar-refractivity contribution >= 4 is 40.0 Å². The number of halogens is 1. The van der Waals surface area contributed by atoms with Crippen LogP contribution in [0.1, 0.15) is 13.8 Å². The van der Waals surface area contributed by atoms with Gasteiger partial charge >= 0.3 is 6.03 Å². The number of rotatable bonds is 6. The number of para-hydroxylation sites is 1. The molecule has 0 aliphatic carbocycles. The minimum absolute atomic E-state index is 0.305. The van der Waals surface area contributed by atoms with E-state index >= 15 is 0 Å². The second kappa shape index (κ2) is 8.61. The highest BCUT2D eigenvalue weighted by Crippen LogP contribution is 2.30. The summed E-state index contributed by atoms with van der Waals surface area (Å²) < 4.78 is 12.0. The van der Waals surface area contributed by atoms with Crippen LogP contribution in [-0.2, 0) is 0 Å². The Morgan fingerprint density at radius 2 is 1.70 bits per heavy atom. The molecule has 2 N–H and O–H groups in total. The minimum atomic E-state index is -0.305. The molecule has 0 unspecified atom stereocenters. The summed E-state index contributed by atoms with van der Waals surface area (Å²) in [6.07, 6.45) is 0. The van der Waals surface area contributed by atoms with Crippen LogP contribution in [0.5, 0.6) is 11.5 Å². The first-order chi connectivity index (χ1) is 11.1. The standard InChI is InChI=1S/C17H19IN2O3/c1-3-22-15-10-9-12(11-16(15)23-4-2)19-17(21)20-14-8-6-5-7-13(14)18/h5-11H,3-4H2,1-2H3,(H2,19,20,21). The average Bonchev–Trinajstić information content (AvgIpc) is 2.52. The van der Waals surface area contributed by atoms with E-state index in [1.165, 1.54) is 0 Å². The summed E-state index contributed by atoms with van der Waals surface area (Å²) in [6, 6.07) is 12.6. The third-order valence-corrected chi connectivity index (χ3v) is 3.86. The lowest BCUT2D eigenvalue weighted by atomic mass is 10.2. The summed E-state index contributed by atoms with van der Waals surface area (Å²) in [7, 11) is 0. The van der Waals surface area contributed by atoms with Crippen LogP contribution >= 0.6 is 22.6 Å². The molecule has 122 valence electrons. The van der Waals surface area contributed by atoms with Crippen LogP contribution in [0.15, 0.2) is 42.5 Å². The second-order valence-corrected chi connectivity index (χ2v) is 5.75. The highest BCUT2D eigenvalue weighted by Gasteiger charge is 2.09. The Morgan fingerprint density at radius 1 is 1.00 bits per heavy atom. The molecule has 0 saturated carbocycles. The molecule has 0 saturated heterocycles. The van der Waals surface area contributed by atoms with Crippen molar-refractivity contribution < 1.29 is 14.3 Å². The maximum atomic E-state index is 12.1. The van der Waals surface area contributed by atoms with Crippen molar-refractivity contribution in [1.29, 1.82) is 0 Å². The monoisotopic (exact) mass is 426 g/mol. The number of carbonyl (C=O) groups is 1. The van der Waals surface area contributed by atoms with E-state index in [0.717, 1.165) is 9.26 Å². The molecule has 0 aliphatic rings. The fraction of sp³-hybridized carbons (Fsp3) is 0.235. The molecular weight excluding hydrogens is 407 g/mol. The lowest BCUT2D eigenvalue weighted by Crippen LogP contribution is -2.20. The van der Waals surface area contributed by atoms with Gasteiger partial charge < -0.3 is 20.1 Å². The number of anilines is 2. The number of benzene rings is 2. The Labute approximate surface area is 149 Å². The molecule has 0 heterocycles. The number of ether oxygens (including phenoxy) is 2. The Morgan fingerprint density at radius 3 is 2.39 bits per heavy atom. The molecule has 0 atom stereocenters.